The lowest BCUT2D eigenvalue weighted by Crippen LogP contribution is -2.27. The minimum Gasteiger partial charge on any atom is -0.464 e. The summed E-state index contributed by atoms with van der Waals surface area (Å²) in [4.78, 5) is 26.1. The van der Waals surface area contributed by atoms with Gasteiger partial charge in [0.2, 0.25) is 0 Å². The summed E-state index contributed by atoms with van der Waals surface area (Å²) in [6.07, 6.45) is 0. The molecule has 0 aliphatic carbocycles. The van der Waals surface area contributed by atoms with E-state index in [-0.39, 0.29) is 5.69 Å². The number of rotatable bonds is 3. The van der Waals surface area contributed by atoms with Crippen LogP contribution in [0.3, 0.4) is 0 Å². The molecule has 0 amide bonds. The third-order valence-electron chi connectivity index (χ3n) is 2.64. The van der Waals surface area contributed by atoms with Crippen molar-refractivity contribution in [3.8, 4) is 0 Å². The molecule has 1 aromatic heterocycles. The van der Waals surface area contributed by atoms with Gasteiger partial charge < -0.3 is 9.72 Å². The predicted molar refractivity (Wildman–Crippen MR) is 63.9 cm³/mol. The fraction of sp³-hybridized carbons (Fsp3) is 0.333. The summed E-state index contributed by atoms with van der Waals surface area (Å²) in [6, 6.07) is 6.62. The Kier molecular flexibility index (Phi) is 2.99. The Hall–Kier alpha value is -2.04. The molecule has 0 fully saturated rings. The predicted octanol–water partition coefficient (Wildman–Crippen LogP) is 1.45. The second kappa shape index (κ2) is 4.45. The molecular weight excluding hydrogens is 220 g/mol. The van der Waals surface area contributed by atoms with Crippen molar-refractivity contribution in [2.45, 2.75) is 19.9 Å². The van der Waals surface area contributed by atoms with Crippen molar-refractivity contribution in [3.05, 3.63) is 34.7 Å². The van der Waals surface area contributed by atoms with E-state index in [9.17, 15) is 9.59 Å². The van der Waals surface area contributed by atoms with E-state index in [0.717, 1.165) is 0 Å². The molecule has 5 nitrogen and oxygen atoms in total. The second-order valence-electron chi connectivity index (χ2n) is 3.75. The van der Waals surface area contributed by atoms with Gasteiger partial charge in [-0.2, -0.15) is 0 Å². The van der Waals surface area contributed by atoms with Crippen LogP contribution in [0.15, 0.2) is 29.1 Å². The number of para-hydroxylation sites is 2. The number of hydrogen-bond donors (Lipinski definition) is 1. The van der Waals surface area contributed by atoms with Crippen molar-refractivity contribution in [1.82, 2.24) is 9.55 Å². The van der Waals surface area contributed by atoms with Gasteiger partial charge in [-0.25, -0.2) is 9.59 Å². The van der Waals surface area contributed by atoms with E-state index in [1.807, 2.05) is 12.1 Å². The zero-order valence-corrected chi connectivity index (χ0v) is 9.77. The van der Waals surface area contributed by atoms with Gasteiger partial charge >= 0.3 is 11.7 Å². The van der Waals surface area contributed by atoms with E-state index >= 15 is 0 Å². The van der Waals surface area contributed by atoms with E-state index in [2.05, 4.69) is 4.98 Å². The maximum atomic E-state index is 11.8. The van der Waals surface area contributed by atoms with Gasteiger partial charge in [-0.15, -0.1) is 0 Å². The van der Waals surface area contributed by atoms with E-state index in [1.54, 1.807) is 26.0 Å². The second-order valence-corrected chi connectivity index (χ2v) is 3.75. The molecule has 1 heterocycles. The molecule has 0 aliphatic rings. The fourth-order valence-electron chi connectivity index (χ4n) is 1.83. The molecule has 0 saturated carbocycles. The van der Waals surface area contributed by atoms with Crippen LogP contribution in [-0.4, -0.2) is 22.1 Å². The molecule has 0 aliphatic heterocycles. The number of imidazole rings is 1. The summed E-state index contributed by atoms with van der Waals surface area (Å²) < 4.78 is 6.33. The first-order valence-corrected chi connectivity index (χ1v) is 5.51. The van der Waals surface area contributed by atoms with Crippen LogP contribution in [0.5, 0.6) is 0 Å². The lowest BCUT2D eigenvalue weighted by atomic mass is 10.3. The Morgan fingerprint density at radius 1 is 1.47 bits per heavy atom. The van der Waals surface area contributed by atoms with Crippen LogP contribution >= 0.6 is 0 Å². The molecular formula is C12H14N2O3. The molecule has 0 saturated heterocycles. The highest BCUT2D eigenvalue weighted by molar-refractivity contribution is 5.80. The largest absolute Gasteiger partial charge is 0.464 e. The smallest absolute Gasteiger partial charge is 0.329 e. The first-order chi connectivity index (χ1) is 8.15. The minimum absolute atomic E-state index is 0.299. The van der Waals surface area contributed by atoms with Crippen molar-refractivity contribution < 1.29 is 9.53 Å². The third-order valence-corrected chi connectivity index (χ3v) is 2.64. The molecule has 17 heavy (non-hydrogen) atoms. The summed E-state index contributed by atoms with van der Waals surface area (Å²) in [5, 5.41) is 0. The van der Waals surface area contributed by atoms with Crippen molar-refractivity contribution in [2.75, 3.05) is 6.61 Å². The Bertz CT molecular complexity index is 597. The minimum atomic E-state index is -0.626. The summed E-state index contributed by atoms with van der Waals surface area (Å²) in [5.74, 6) is -0.403. The molecule has 90 valence electrons. The first-order valence-electron chi connectivity index (χ1n) is 5.51. The van der Waals surface area contributed by atoms with Gasteiger partial charge in [-0.3, -0.25) is 4.57 Å². The number of aromatic nitrogens is 2. The molecule has 1 N–H and O–H groups in total. The summed E-state index contributed by atoms with van der Waals surface area (Å²) >= 11 is 0. The van der Waals surface area contributed by atoms with Crippen LogP contribution in [0.2, 0.25) is 0 Å². The average molecular weight is 234 g/mol. The first kappa shape index (κ1) is 11.4. The van der Waals surface area contributed by atoms with Crippen LogP contribution < -0.4 is 5.69 Å². The van der Waals surface area contributed by atoms with Gasteiger partial charge in [0.05, 0.1) is 17.6 Å². The van der Waals surface area contributed by atoms with Crippen molar-refractivity contribution >= 4 is 17.0 Å². The summed E-state index contributed by atoms with van der Waals surface area (Å²) in [7, 11) is 0. The van der Waals surface area contributed by atoms with Gasteiger partial charge in [0, 0.05) is 0 Å². The lowest BCUT2D eigenvalue weighted by molar-refractivity contribution is -0.146. The third kappa shape index (κ3) is 1.95. The number of ether oxygens (including phenoxy) is 1. The number of H-pyrrole nitrogens is 1. The molecule has 1 aromatic carbocycles. The van der Waals surface area contributed by atoms with E-state index in [0.29, 0.717) is 17.6 Å². The van der Waals surface area contributed by atoms with Crippen molar-refractivity contribution in [2.24, 2.45) is 0 Å². The van der Waals surface area contributed by atoms with Crippen LogP contribution in [0.1, 0.15) is 19.9 Å². The molecule has 0 unspecified atom stereocenters. The molecule has 1 atom stereocenters. The molecule has 0 radical (unpaired) electrons. The van der Waals surface area contributed by atoms with E-state index < -0.39 is 12.0 Å². The summed E-state index contributed by atoms with van der Waals surface area (Å²) in [5.41, 5.74) is 1.12. The zero-order valence-electron chi connectivity index (χ0n) is 9.77. The summed E-state index contributed by atoms with van der Waals surface area (Å²) in [6.45, 7) is 3.70. The normalized spacial score (nSPS) is 12.6. The highest BCUT2D eigenvalue weighted by atomic mass is 16.5. The number of nitrogens with one attached hydrogen (secondary N) is 1. The zero-order chi connectivity index (χ0) is 12.4. The van der Waals surface area contributed by atoms with Crippen LogP contribution in [-0.2, 0) is 9.53 Å². The van der Waals surface area contributed by atoms with Gasteiger partial charge in [0.25, 0.3) is 0 Å². The highest BCUT2D eigenvalue weighted by Crippen LogP contribution is 2.15. The van der Waals surface area contributed by atoms with Gasteiger partial charge in [-0.05, 0) is 26.0 Å². The maximum absolute atomic E-state index is 11.8. The fourth-order valence-corrected chi connectivity index (χ4v) is 1.83. The number of aromatic amines is 1. The average Bonchev–Trinajstić information content (AvgIpc) is 2.64. The quantitative estimate of drug-likeness (QED) is 0.817. The molecule has 2 aromatic rings. The number of hydrogen-bond acceptors (Lipinski definition) is 3. The lowest BCUT2D eigenvalue weighted by Gasteiger charge is -2.11. The van der Waals surface area contributed by atoms with E-state index in [1.165, 1.54) is 4.57 Å². The molecule has 0 spiro atoms. The Labute approximate surface area is 98.0 Å². The monoisotopic (exact) mass is 234 g/mol. The van der Waals surface area contributed by atoms with Gasteiger partial charge in [0.15, 0.2) is 0 Å². The number of nitrogens with zero attached hydrogens (tertiary/aromatic N) is 1. The Morgan fingerprint density at radius 2 is 2.18 bits per heavy atom. The standard InChI is InChI=1S/C12H14N2O3/c1-3-17-11(15)8(2)14-10-7-5-4-6-9(10)13-12(14)16/h4-8H,3H2,1-2H3,(H,13,16)/t8-/m0/s1. The molecule has 0 bridgehead atoms. The van der Waals surface area contributed by atoms with Crippen LogP contribution in [0.4, 0.5) is 0 Å². The van der Waals surface area contributed by atoms with Gasteiger partial charge in [0.1, 0.15) is 6.04 Å². The maximum Gasteiger partial charge on any atom is 0.329 e. The molecule has 2 rings (SSSR count). The Morgan fingerprint density at radius 3 is 2.88 bits per heavy atom. The SMILES string of the molecule is CCOC(=O)[C@H](C)n1c(=O)[nH]c2ccccc21. The van der Waals surface area contributed by atoms with Gasteiger partial charge in [-0.1, -0.05) is 12.1 Å². The van der Waals surface area contributed by atoms with Crippen LogP contribution in [0, 0.1) is 0 Å². The number of carbonyl (C=O) groups excluding carboxylic acids is 1. The van der Waals surface area contributed by atoms with E-state index in [4.69, 9.17) is 4.74 Å². The van der Waals surface area contributed by atoms with Crippen LogP contribution in [0.25, 0.3) is 11.0 Å². The number of esters is 1. The van der Waals surface area contributed by atoms with Crippen molar-refractivity contribution in [1.29, 1.82) is 0 Å². The number of benzene rings is 1. The van der Waals surface area contributed by atoms with Crippen molar-refractivity contribution in [3.63, 3.8) is 0 Å². The number of fused-ring (bicyclic) bond motifs is 1. The Balaban J connectivity index is 2.51. The topological polar surface area (TPSA) is 64.1 Å². The highest BCUT2D eigenvalue weighted by Gasteiger charge is 2.20. The number of carbonyl (C=O) groups is 1. The molecule has 5 heteroatoms.